The zero-order valence-electron chi connectivity index (χ0n) is 9.64. The third kappa shape index (κ3) is 3.87. The van der Waals surface area contributed by atoms with Gasteiger partial charge in [-0.1, -0.05) is 52.9 Å². The Labute approximate surface area is 115 Å². The lowest BCUT2D eigenvalue weighted by Gasteiger charge is -2.29. The smallest absolute Gasteiger partial charge is 0.410 e. The minimum atomic E-state index is -0.185. The second-order valence-electron chi connectivity index (χ2n) is 4.23. The molecule has 1 atom stereocenters. The van der Waals surface area contributed by atoms with E-state index in [1.165, 1.54) is 6.42 Å². The van der Waals surface area contributed by atoms with Gasteiger partial charge >= 0.3 is 6.09 Å². The number of benzene rings is 1. The van der Waals surface area contributed by atoms with E-state index in [1.54, 1.807) is 0 Å². The van der Waals surface area contributed by atoms with Crippen LogP contribution in [0.25, 0.3) is 0 Å². The molecule has 3 nitrogen and oxygen atoms in total. The fraction of sp³-hybridized carbons (Fsp3) is 0.462. The lowest BCUT2D eigenvalue weighted by atomic mass is 10.1. The average molecular weight is 345 g/mol. The normalized spacial score (nSPS) is 20.1. The highest BCUT2D eigenvalue weighted by Gasteiger charge is 2.22. The molecule has 0 spiro atoms. The van der Waals surface area contributed by atoms with E-state index in [-0.39, 0.29) is 6.09 Å². The summed E-state index contributed by atoms with van der Waals surface area (Å²) in [5.41, 5.74) is 1.03. The monoisotopic (exact) mass is 345 g/mol. The molecule has 0 aromatic heterocycles. The van der Waals surface area contributed by atoms with Gasteiger partial charge in [-0.25, -0.2) is 4.79 Å². The molecule has 1 unspecified atom stereocenters. The molecular formula is C13H16INO2. The third-order valence-electron chi connectivity index (χ3n) is 2.83. The molecule has 1 aromatic rings. The highest BCUT2D eigenvalue weighted by atomic mass is 127. The van der Waals surface area contributed by atoms with Gasteiger partial charge in [-0.3, -0.25) is 0 Å². The minimum absolute atomic E-state index is 0.185. The van der Waals surface area contributed by atoms with Crippen molar-refractivity contribution in [3.8, 4) is 0 Å². The number of rotatable bonds is 2. The second kappa shape index (κ2) is 6.23. The number of halogens is 1. The summed E-state index contributed by atoms with van der Waals surface area (Å²) in [5.74, 6) is 0. The van der Waals surface area contributed by atoms with Crippen molar-refractivity contribution >= 4 is 28.7 Å². The van der Waals surface area contributed by atoms with E-state index in [1.807, 2.05) is 35.2 Å². The molecule has 4 heteroatoms. The zero-order chi connectivity index (χ0) is 12.1. The summed E-state index contributed by atoms with van der Waals surface area (Å²) in [6.07, 6.45) is 2.09. The van der Waals surface area contributed by atoms with Crippen LogP contribution in [0.1, 0.15) is 18.4 Å². The summed E-state index contributed by atoms with van der Waals surface area (Å²) in [6.45, 7) is 2.00. The van der Waals surface area contributed by atoms with Crippen LogP contribution < -0.4 is 0 Å². The molecule has 1 aliphatic rings. The predicted octanol–water partition coefficient (Wildman–Crippen LogP) is 3.22. The van der Waals surface area contributed by atoms with Crippen LogP contribution in [0.15, 0.2) is 30.3 Å². The molecule has 0 N–H and O–H groups in total. The number of hydrogen-bond acceptors (Lipinski definition) is 2. The largest absolute Gasteiger partial charge is 0.445 e. The van der Waals surface area contributed by atoms with Crippen LogP contribution in [0, 0.1) is 0 Å². The van der Waals surface area contributed by atoms with Crippen LogP contribution in [-0.2, 0) is 11.3 Å². The number of nitrogens with zero attached hydrogens (tertiary/aromatic N) is 1. The lowest BCUT2D eigenvalue weighted by molar-refractivity contribution is 0.0910. The van der Waals surface area contributed by atoms with Crippen LogP contribution >= 0.6 is 22.6 Å². The van der Waals surface area contributed by atoms with Gasteiger partial charge in [0.25, 0.3) is 0 Å². The van der Waals surface area contributed by atoms with Gasteiger partial charge in [0.05, 0.1) is 0 Å². The van der Waals surface area contributed by atoms with Gasteiger partial charge in [0.1, 0.15) is 6.61 Å². The van der Waals surface area contributed by atoms with Crippen molar-refractivity contribution < 1.29 is 9.53 Å². The number of piperidine rings is 1. The Morgan fingerprint density at radius 3 is 2.88 bits per heavy atom. The van der Waals surface area contributed by atoms with Crippen molar-refractivity contribution in [2.45, 2.75) is 23.4 Å². The molecule has 1 fully saturated rings. The Balaban J connectivity index is 1.81. The van der Waals surface area contributed by atoms with Crippen molar-refractivity contribution in [3.63, 3.8) is 0 Å². The Bertz CT molecular complexity index is 369. The van der Waals surface area contributed by atoms with E-state index in [0.29, 0.717) is 10.5 Å². The lowest BCUT2D eigenvalue weighted by Crippen LogP contribution is -2.40. The summed E-state index contributed by atoms with van der Waals surface area (Å²) in [4.78, 5) is 13.6. The van der Waals surface area contributed by atoms with Crippen molar-refractivity contribution in [3.05, 3.63) is 35.9 Å². The number of hydrogen-bond donors (Lipinski definition) is 0. The average Bonchev–Trinajstić information content (AvgIpc) is 2.37. The number of likely N-dealkylation sites (tertiary alicyclic amines) is 1. The maximum Gasteiger partial charge on any atom is 0.410 e. The van der Waals surface area contributed by atoms with E-state index in [2.05, 4.69) is 22.6 Å². The summed E-state index contributed by atoms with van der Waals surface area (Å²) in [6, 6.07) is 9.78. The van der Waals surface area contributed by atoms with Crippen LogP contribution in [0.2, 0.25) is 0 Å². The maximum absolute atomic E-state index is 11.8. The molecule has 2 rings (SSSR count). The molecule has 17 heavy (non-hydrogen) atoms. The topological polar surface area (TPSA) is 29.5 Å². The fourth-order valence-corrected chi connectivity index (χ4v) is 2.82. The van der Waals surface area contributed by atoms with E-state index in [9.17, 15) is 4.79 Å². The molecular weight excluding hydrogens is 329 g/mol. The Morgan fingerprint density at radius 1 is 1.41 bits per heavy atom. The first kappa shape index (κ1) is 12.7. The van der Waals surface area contributed by atoms with Gasteiger partial charge in [0, 0.05) is 17.0 Å². The number of carbonyl (C=O) groups is 1. The van der Waals surface area contributed by atoms with Gasteiger partial charge in [-0.2, -0.15) is 0 Å². The molecule has 1 heterocycles. The summed E-state index contributed by atoms with van der Waals surface area (Å²) < 4.78 is 5.86. The number of carbonyl (C=O) groups excluding carboxylic acids is 1. The van der Waals surface area contributed by atoms with Crippen molar-refractivity contribution in [1.82, 2.24) is 4.90 Å². The van der Waals surface area contributed by atoms with Crippen LogP contribution in [0.4, 0.5) is 4.79 Å². The van der Waals surface area contributed by atoms with Gasteiger partial charge in [0.15, 0.2) is 0 Å². The summed E-state index contributed by atoms with van der Waals surface area (Å²) in [5, 5.41) is 0. The summed E-state index contributed by atoms with van der Waals surface area (Å²) >= 11 is 2.40. The first-order chi connectivity index (χ1) is 8.25. The van der Waals surface area contributed by atoms with Gasteiger partial charge in [-0.05, 0) is 18.4 Å². The number of ether oxygens (including phenoxy) is 1. The molecule has 0 radical (unpaired) electrons. The fourth-order valence-electron chi connectivity index (χ4n) is 1.90. The Morgan fingerprint density at radius 2 is 2.18 bits per heavy atom. The first-order valence-corrected chi connectivity index (χ1v) is 7.10. The Kier molecular flexibility index (Phi) is 4.65. The highest BCUT2D eigenvalue weighted by molar-refractivity contribution is 14.1. The molecule has 1 aromatic carbocycles. The van der Waals surface area contributed by atoms with Crippen molar-refractivity contribution in [2.24, 2.45) is 0 Å². The molecule has 1 amide bonds. The maximum atomic E-state index is 11.8. The van der Waals surface area contributed by atoms with E-state index in [0.717, 1.165) is 25.1 Å². The summed E-state index contributed by atoms with van der Waals surface area (Å²) in [7, 11) is 0. The molecule has 1 aliphatic heterocycles. The van der Waals surface area contributed by atoms with E-state index >= 15 is 0 Å². The predicted molar refractivity (Wildman–Crippen MR) is 75.2 cm³/mol. The van der Waals surface area contributed by atoms with Crippen molar-refractivity contribution in [1.29, 1.82) is 0 Å². The molecule has 0 saturated carbocycles. The first-order valence-electron chi connectivity index (χ1n) is 5.85. The van der Waals surface area contributed by atoms with Crippen LogP contribution in [0.5, 0.6) is 0 Å². The number of alkyl halides is 1. The van der Waals surface area contributed by atoms with Gasteiger partial charge in [0.2, 0.25) is 0 Å². The molecule has 0 bridgehead atoms. The van der Waals surface area contributed by atoms with Crippen LogP contribution in [-0.4, -0.2) is 28.0 Å². The second-order valence-corrected chi connectivity index (χ2v) is 5.99. The SMILES string of the molecule is O=C(OCc1ccccc1)N1CCCC(I)C1. The quantitative estimate of drug-likeness (QED) is 0.609. The van der Waals surface area contributed by atoms with Gasteiger partial charge < -0.3 is 9.64 Å². The molecule has 92 valence electrons. The molecule has 1 saturated heterocycles. The standard InChI is InChI=1S/C13H16INO2/c14-12-7-4-8-15(9-12)13(16)17-10-11-5-2-1-3-6-11/h1-3,5-6,12H,4,7-10H2. The molecule has 0 aliphatic carbocycles. The zero-order valence-corrected chi connectivity index (χ0v) is 11.8. The highest BCUT2D eigenvalue weighted by Crippen LogP contribution is 2.18. The van der Waals surface area contributed by atoms with Crippen LogP contribution in [0.3, 0.4) is 0 Å². The Hall–Kier alpha value is -0.780. The van der Waals surface area contributed by atoms with E-state index < -0.39 is 0 Å². The third-order valence-corrected chi connectivity index (χ3v) is 3.84. The van der Waals surface area contributed by atoms with Crippen molar-refractivity contribution in [2.75, 3.05) is 13.1 Å². The number of amides is 1. The minimum Gasteiger partial charge on any atom is -0.445 e. The van der Waals surface area contributed by atoms with E-state index in [4.69, 9.17) is 4.74 Å². The van der Waals surface area contributed by atoms with Gasteiger partial charge in [-0.15, -0.1) is 0 Å².